The zero-order valence-corrected chi connectivity index (χ0v) is 9.18. The van der Waals surface area contributed by atoms with Gasteiger partial charge in [0.1, 0.15) is 0 Å². The van der Waals surface area contributed by atoms with E-state index in [0.29, 0.717) is 6.54 Å². The van der Waals surface area contributed by atoms with E-state index >= 15 is 0 Å². The van der Waals surface area contributed by atoms with Crippen LogP contribution in [0.5, 0.6) is 0 Å². The first-order valence-electron chi connectivity index (χ1n) is 5.39. The molecule has 1 unspecified atom stereocenters. The maximum absolute atomic E-state index is 5.87. The molecule has 1 aliphatic carbocycles. The largest absolute Gasteiger partial charge is 0.371 e. The van der Waals surface area contributed by atoms with E-state index in [9.17, 15) is 0 Å². The molecule has 0 heterocycles. The average Bonchev–Trinajstić information content (AvgIpc) is 1.91. The molecule has 0 bridgehead atoms. The Balaban J connectivity index is 2.25. The van der Waals surface area contributed by atoms with Crippen molar-refractivity contribution in [3.8, 4) is 0 Å². The van der Waals surface area contributed by atoms with Crippen LogP contribution in [0, 0.1) is 5.92 Å². The molecular formula is C11H23NO. The van der Waals surface area contributed by atoms with Crippen molar-refractivity contribution in [1.82, 2.24) is 0 Å². The van der Waals surface area contributed by atoms with Crippen molar-refractivity contribution in [3.63, 3.8) is 0 Å². The molecule has 0 saturated heterocycles. The Bertz CT molecular complexity index is 147. The predicted octanol–water partition coefficient (Wildman–Crippen LogP) is 2.32. The average molecular weight is 185 g/mol. The molecule has 2 nitrogen and oxygen atoms in total. The lowest BCUT2D eigenvalue weighted by Gasteiger charge is -2.33. The Kier molecular flexibility index (Phi) is 3.74. The first-order chi connectivity index (χ1) is 6.01. The molecule has 13 heavy (non-hydrogen) atoms. The Hall–Kier alpha value is -0.0800. The molecule has 78 valence electrons. The van der Waals surface area contributed by atoms with E-state index < -0.39 is 0 Å². The highest BCUT2D eigenvalue weighted by molar-refractivity contribution is 4.76. The summed E-state index contributed by atoms with van der Waals surface area (Å²) in [5.41, 5.74) is 5.63. The highest BCUT2D eigenvalue weighted by Crippen LogP contribution is 2.31. The predicted molar refractivity (Wildman–Crippen MR) is 55.6 cm³/mol. The number of hydrogen-bond donors (Lipinski definition) is 1. The third-order valence-corrected chi connectivity index (χ3v) is 2.60. The zero-order chi connectivity index (χ0) is 9.90. The lowest BCUT2D eigenvalue weighted by Crippen LogP contribution is -2.35. The minimum atomic E-state index is -0.0478. The second-order valence-corrected chi connectivity index (χ2v) is 5.12. The van der Waals surface area contributed by atoms with Gasteiger partial charge in [-0.2, -0.15) is 0 Å². The van der Waals surface area contributed by atoms with Crippen LogP contribution in [0.1, 0.15) is 46.5 Å². The van der Waals surface area contributed by atoms with Crippen molar-refractivity contribution in [2.24, 2.45) is 11.7 Å². The number of ether oxygens (including phenoxy) is 1. The van der Waals surface area contributed by atoms with Crippen molar-refractivity contribution in [3.05, 3.63) is 0 Å². The summed E-state index contributed by atoms with van der Waals surface area (Å²) in [4.78, 5) is 0. The molecule has 1 fully saturated rings. The summed E-state index contributed by atoms with van der Waals surface area (Å²) in [6.07, 6.45) is 5.59. The van der Waals surface area contributed by atoms with Gasteiger partial charge in [-0.15, -0.1) is 0 Å². The third kappa shape index (κ3) is 4.10. The number of rotatable bonds is 4. The number of nitrogens with two attached hydrogens (primary N) is 1. The quantitative estimate of drug-likeness (QED) is 0.729. The molecule has 0 aliphatic heterocycles. The first-order valence-corrected chi connectivity index (χ1v) is 5.39. The molecule has 1 atom stereocenters. The van der Waals surface area contributed by atoms with Gasteiger partial charge in [0, 0.05) is 6.54 Å². The Morgan fingerprint density at radius 1 is 1.38 bits per heavy atom. The van der Waals surface area contributed by atoms with Crippen LogP contribution < -0.4 is 5.73 Å². The maximum Gasteiger partial charge on any atom is 0.0707 e. The fraction of sp³-hybridized carbons (Fsp3) is 1.00. The molecule has 0 aromatic heterocycles. The Morgan fingerprint density at radius 2 is 2.00 bits per heavy atom. The highest BCUT2D eigenvalue weighted by atomic mass is 16.5. The molecule has 2 heteroatoms. The molecule has 0 radical (unpaired) electrons. The summed E-state index contributed by atoms with van der Waals surface area (Å²) in [6.45, 7) is 6.94. The molecule has 1 aliphatic rings. The van der Waals surface area contributed by atoms with Gasteiger partial charge >= 0.3 is 0 Å². The van der Waals surface area contributed by atoms with E-state index in [-0.39, 0.29) is 11.7 Å². The first kappa shape index (κ1) is 11.0. The monoisotopic (exact) mass is 185 g/mol. The SMILES string of the molecule is CC(C)(C)OC(CN)CC1CCC1. The second kappa shape index (κ2) is 4.43. The van der Waals surface area contributed by atoms with Gasteiger partial charge in [-0.05, 0) is 33.1 Å². The van der Waals surface area contributed by atoms with E-state index in [1.54, 1.807) is 0 Å². The van der Waals surface area contributed by atoms with Crippen molar-refractivity contribution in [2.75, 3.05) is 6.54 Å². The minimum absolute atomic E-state index is 0.0478. The summed E-state index contributed by atoms with van der Waals surface area (Å²) >= 11 is 0. The van der Waals surface area contributed by atoms with Gasteiger partial charge in [-0.3, -0.25) is 0 Å². The standard InChI is InChI=1S/C11H23NO/c1-11(2,3)13-10(8-12)7-9-5-4-6-9/h9-10H,4-8,12H2,1-3H3. The van der Waals surface area contributed by atoms with Crippen LogP contribution in [0.2, 0.25) is 0 Å². The van der Waals surface area contributed by atoms with E-state index in [2.05, 4.69) is 20.8 Å². The fourth-order valence-electron chi connectivity index (χ4n) is 1.79. The van der Waals surface area contributed by atoms with Crippen molar-refractivity contribution >= 4 is 0 Å². The number of hydrogen-bond acceptors (Lipinski definition) is 2. The lowest BCUT2D eigenvalue weighted by atomic mass is 9.81. The molecule has 0 aromatic rings. The van der Waals surface area contributed by atoms with Gasteiger partial charge in [-0.25, -0.2) is 0 Å². The summed E-state index contributed by atoms with van der Waals surface area (Å²) in [5, 5.41) is 0. The summed E-state index contributed by atoms with van der Waals surface area (Å²) in [5.74, 6) is 0.885. The van der Waals surface area contributed by atoms with Crippen LogP contribution in [-0.2, 0) is 4.74 Å². The van der Waals surface area contributed by atoms with E-state index in [4.69, 9.17) is 10.5 Å². The second-order valence-electron chi connectivity index (χ2n) is 5.12. The summed E-state index contributed by atoms with van der Waals surface area (Å²) in [6, 6.07) is 0. The molecule has 0 aromatic carbocycles. The van der Waals surface area contributed by atoms with Gasteiger partial charge in [0.05, 0.1) is 11.7 Å². The lowest BCUT2D eigenvalue weighted by molar-refractivity contribution is -0.0681. The minimum Gasteiger partial charge on any atom is -0.371 e. The Labute approximate surface area is 81.8 Å². The molecular weight excluding hydrogens is 162 g/mol. The van der Waals surface area contributed by atoms with Crippen molar-refractivity contribution in [1.29, 1.82) is 0 Å². The summed E-state index contributed by atoms with van der Waals surface area (Å²) in [7, 11) is 0. The van der Waals surface area contributed by atoms with Gasteiger partial charge in [0.2, 0.25) is 0 Å². The molecule has 1 saturated carbocycles. The summed E-state index contributed by atoms with van der Waals surface area (Å²) < 4.78 is 5.87. The van der Waals surface area contributed by atoms with Crippen LogP contribution in [0.3, 0.4) is 0 Å². The molecule has 1 rings (SSSR count). The van der Waals surface area contributed by atoms with E-state index in [1.807, 2.05) is 0 Å². The Morgan fingerprint density at radius 3 is 2.31 bits per heavy atom. The van der Waals surface area contributed by atoms with Crippen LogP contribution in [-0.4, -0.2) is 18.2 Å². The van der Waals surface area contributed by atoms with Crippen molar-refractivity contribution < 1.29 is 4.74 Å². The molecule has 0 spiro atoms. The van der Waals surface area contributed by atoms with E-state index in [1.165, 1.54) is 19.3 Å². The van der Waals surface area contributed by atoms with Crippen LogP contribution in [0.15, 0.2) is 0 Å². The normalized spacial score (nSPS) is 21.2. The third-order valence-electron chi connectivity index (χ3n) is 2.60. The highest BCUT2D eigenvalue weighted by Gasteiger charge is 2.24. The zero-order valence-electron chi connectivity index (χ0n) is 9.18. The maximum atomic E-state index is 5.87. The van der Waals surface area contributed by atoms with Crippen LogP contribution in [0.25, 0.3) is 0 Å². The van der Waals surface area contributed by atoms with Crippen LogP contribution in [0.4, 0.5) is 0 Å². The van der Waals surface area contributed by atoms with Gasteiger partial charge < -0.3 is 10.5 Å². The fourth-order valence-corrected chi connectivity index (χ4v) is 1.79. The topological polar surface area (TPSA) is 35.2 Å². The van der Waals surface area contributed by atoms with Gasteiger partial charge in [-0.1, -0.05) is 19.3 Å². The molecule has 2 N–H and O–H groups in total. The molecule has 0 amide bonds. The van der Waals surface area contributed by atoms with Gasteiger partial charge in [0.15, 0.2) is 0 Å². The van der Waals surface area contributed by atoms with Crippen LogP contribution >= 0.6 is 0 Å². The van der Waals surface area contributed by atoms with E-state index in [0.717, 1.165) is 12.3 Å². The van der Waals surface area contributed by atoms with Gasteiger partial charge in [0.25, 0.3) is 0 Å². The van der Waals surface area contributed by atoms with Crippen molar-refractivity contribution in [2.45, 2.75) is 58.2 Å². The smallest absolute Gasteiger partial charge is 0.0707 e.